The molecule has 0 unspecified atom stereocenters. The lowest BCUT2D eigenvalue weighted by molar-refractivity contribution is -0.134. The van der Waals surface area contributed by atoms with Gasteiger partial charge in [0.15, 0.2) is 0 Å². The molecule has 1 nitrogen and oxygen atoms in total. The molecule has 1 aliphatic carbocycles. The van der Waals surface area contributed by atoms with Crippen LogP contribution in [0.4, 0.5) is 4.39 Å². The van der Waals surface area contributed by atoms with Crippen LogP contribution < -0.4 is 0 Å². The molecule has 64 valence electrons. The molecule has 0 N–H and O–H groups in total. The fourth-order valence-corrected chi connectivity index (χ4v) is 1.64. The Hall–Kier alpha value is -0.400. The van der Waals surface area contributed by atoms with E-state index >= 15 is 0 Å². The summed E-state index contributed by atoms with van der Waals surface area (Å²) in [4.78, 5) is 11.2. The van der Waals surface area contributed by atoms with Crippen molar-refractivity contribution in [3.63, 3.8) is 0 Å². The third kappa shape index (κ3) is 1.79. The van der Waals surface area contributed by atoms with Gasteiger partial charge in [0.1, 0.15) is 11.5 Å². The number of alkyl halides is 1. The summed E-state index contributed by atoms with van der Waals surface area (Å²) in [7, 11) is 0. The van der Waals surface area contributed by atoms with Crippen LogP contribution in [0.1, 0.15) is 33.6 Å². The zero-order valence-electron chi connectivity index (χ0n) is 7.36. The van der Waals surface area contributed by atoms with Crippen molar-refractivity contribution >= 4 is 5.78 Å². The lowest BCUT2D eigenvalue weighted by atomic mass is 9.69. The van der Waals surface area contributed by atoms with Crippen LogP contribution in [0.5, 0.6) is 0 Å². The second kappa shape index (κ2) is 2.58. The number of carbonyl (C=O) groups excluding carboxylic acids is 1. The number of carbonyl (C=O) groups is 1. The van der Waals surface area contributed by atoms with Crippen molar-refractivity contribution in [3.05, 3.63) is 0 Å². The molecule has 1 rings (SSSR count). The Morgan fingerprint density at radius 3 is 2.27 bits per heavy atom. The summed E-state index contributed by atoms with van der Waals surface area (Å²) in [6, 6.07) is 0. The molecule has 1 fully saturated rings. The first-order valence-corrected chi connectivity index (χ1v) is 4.15. The lowest BCUT2D eigenvalue weighted by Crippen LogP contribution is -2.42. The van der Waals surface area contributed by atoms with Gasteiger partial charge in [-0.2, -0.15) is 0 Å². The van der Waals surface area contributed by atoms with Gasteiger partial charge in [-0.1, -0.05) is 13.8 Å². The van der Waals surface area contributed by atoms with Gasteiger partial charge in [0.05, 0.1) is 0 Å². The van der Waals surface area contributed by atoms with E-state index in [1.165, 1.54) is 0 Å². The molecule has 0 heterocycles. The fourth-order valence-electron chi connectivity index (χ4n) is 1.64. The van der Waals surface area contributed by atoms with Gasteiger partial charge in [0.2, 0.25) is 0 Å². The number of hydrogen-bond acceptors (Lipinski definition) is 1. The predicted molar refractivity (Wildman–Crippen MR) is 42.1 cm³/mol. The molecular weight excluding hydrogens is 143 g/mol. The van der Waals surface area contributed by atoms with Crippen molar-refractivity contribution in [2.45, 2.75) is 39.3 Å². The van der Waals surface area contributed by atoms with Gasteiger partial charge in [-0.3, -0.25) is 4.79 Å². The highest BCUT2D eigenvalue weighted by Crippen LogP contribution is 2.42. The van der Waals surface area contributed by atoms with Gasteiger partial charge in [-0.15, -0.1) is 0 Å². The van der Waals surface area contributed by atoms with Crippen molar-refractivity contribution in [2.24, 2.45) is 11.8 Å². The number of hydrogen-bond donors (Lipinski definition) is 0. The summed E-state index contributed by atoms with van der Waals surface area (Å²) in [6.45, 7) is 5.31. The standard InChI is InChI=1S/C9H15FO/c1-6(2)8(11)7-4-9(3,10)5-7/h6-7H,4-5H2,1-3H3. The van der Waals surface area contributed by atoms with Gasteiger partial charge >= 0.3 is 0 Å². The zero-order chi connectivity index (χ0) is 8.65. The molecule has 0 atom stereocenters. The topological polar surface area (TPSA) is 17.1 Å². The van der Waals surface area contributed by atoms with Crippen LogP contribution >= 0.6 is 0 Å². The Kier molecular flexibility index (Phi) is 2.04. The van der Waals surface area contributed by atoms with Crippen LogP contribution in [0, 0.1) is 11.8 Å². The maximum Gasteiger partial charge on any atom is 0.138 e. The van der Waals surface area contributed by atoms with Crippen molar-refractivity contribution in [2.75, 3.05) is 0 Å². The smallest absolute Gasteiger partial charge is 0.138 e. The number of ketones is 1. The molecule has 0 aromatic rings. The Bertz CT molecular complexity index is 164. The van der Waals surface area contributed by atoms with Gasteiger partial charge in [0, 0.05) is 11.8 Å². The lowest BCUT2D eigenvalue weighted by Gasteiger charge is -2.38. The third-order valence-corrected chi connectivity index (χ3v) is 2.32. The van der Waals surface area contributed by atoms with Gasteiger partial charge in [-0.05, 0) is 19.8 Å². The molecule has 0 aromatic carbocycles. The van der Waals surface area contributed by atoms with Crippen LogP contribution in [-0.2, 0) is 4.79 Å². The Morgan fingerprint density at radius 1 is 1.55 bits per heavy atom. The number of halogens is 1. The molecule has 0 spiro atoms. The first-order chi connectivity index (χ1) is 4.92. The zero-order valence-corrected chi connectivity index (χ0v) is 7.36. The van der Waals surface area contributed by atoms with Crippen molar-refractivity contribution in [1.29, 1.82) is 0 Å². The van der Waals surface area contributed by atoms with E-state index in [4.69, 9.17) is 0 Å². The van der Waals surface area contributed by atoms with E-state index in [0.29, 0.717) is 12.8 Å². The van der Waals surface area contributed by atoms with Crippen molar-refractivity contribution < 1.29 is 9.18 Å². The minimum atomic E-state index is -1.06. The minimum absolute atomic E-state index is 0.00463. The third-order valence-electron chi connectivity index (χ3n) is 2.32. The average Bonchev–Trinajstić information content (AvgIpc) is 1.80. The second-order valence-electron chi connectivity index (χ2n) is 4.08. The van der Waals surface area contributed by atoms with Gasteiger partial charge < -0.3 is 0 Å². The highest BCUT2D eigenvalue weighted by molar-refractivity contribution is 5.83. The largest absolute Gasteiger partial charge is 0.299 e. The SMILES string of the molecule is CC(C)C(=O)C1CC(C)(F)C1. The predicted octanol–water partition coefficient (Wildman–Crippen LogP) is 2.35. The van der Waals surface area contributed by atoms with Crippen LogP contribution in [-0.4, -0.2) is 11.5 Å². The molecule has 0 aliphatic heterocycles. The van der Waals surface area contributed by atoms with Crippen molar-refractivity contribution in [3.8, 4) is 0 Å². The van der Waals surface area contributed by atoms with Crippen LogP contribution in [0.2, 0.25) is 0 Å². The molecule has 11 heavy (non-hydrogen) atoms. The summed E-state index contributed by atoms with van der Waals surface area (Å²) < 4.78 is 12.9. The maximum atomic E-state index is 12.9. The van der Waals surface area contributed by atoms with E-state index in [2.05, 4.69) is 0 Å². The summed E-state index contributed by atoms with van der Waals surface area (Å²) >= 11 is 0. The van der Waals surface area contributed by atoms with Crippen molar-refractivity contribution in [1.82, 2.24) is 0 Å². The minimum Gasteiger partial charge on any atom is -0.299 e. The second-order valence-corrected chi connectivity index (χ2v) is 4.08. The maximum absolute atomic E-state index is 12.9. The molecule has 0 amide bonds. The Morgan fingerprint density at radius 2 is 2.00 bits per heavy atom. The molecular formula is C9H15FO. The van der Waals surface area contributed by atoms with Crippen LogP contribution in [0.3, 0.4) is 0 Å². The quantitative estimate of drug-likeness (QED) is 0.603. The van der Waals surface area contributed by atoms with E-state index in [0.717, 1.165) is 0 Å². The molecule has 2 heteroatoms. The molecule has 0 aromatic heterocycles. The molecule has 1 aliphatic rings. The van der Waals surface area contributed by atoms with E-state index in [1.807, 2.05) is 13.8 Å². The monoisotopic (exact) mass is 158 g/mol. The summed E-state index contributed by atoms with van der Waals surface area (Å²) in [5.41, 5.74) is -1.06. The van der Waals surface area contributed by atoms with Crippen LogP contribution in [0.15, 0.2) is 0 Å². The first-order valence-electron chi connectivity index (χ1n) is 4.15. The molecule has 1 saturated carbocycles. The normalized spacial score (nSPS) is 37.0. The van der Waals surface area contributed by atoms with E-state index < -0.39 is 5.67 Å². The van der Waals surface area contributed by atoms with E-state index in [9.17, 15) is 9.18 Å². The number of rotatable bonds is 2. The summed E-state index contributed by atoms with van der Waals surface area (Å²) in [5, 5.41) is 0. The molecule has 0 bridgehead atoms. The highest BCUT2D eigenvalue weighted by Gasteiger charge is 2.44. The van der Waals surface area contributed by atoms with E-state index in [-0.39, 0.29) is 17.6 Å². The Labute approximate surface area is 67.0 Å². The summed E-state index contributed by atoms with van der Waals surface area (Å²) in [6.07, 6.45) is 0.869. The average molecular weight is 158 g/mol. The van der Waals surface area contributed by atoms with Crippen LogP contribution in [0.25, 0.3) is 0 Å². The van der Waals surface area contributed by atoms with E-state index in [1.54, 1.807) is 6.92 Å². The molecule has 0 radical (unpaired) electrons. The highest BCUT2D eigenvalue weighted by atomic mass is 19.1. The van der Waals surface area contributed by atoms with Gasteiger partial charge in [-0.25, -0.2) is 4.39 Å². The number of Topliss-reactive ketones (excluding diaryl/α,β-unsaturated/α-hetero) is 1. The van der Waals surface area contributed by atoms with Gasteiger partial charge in [0.25, 0.3) is 0 Å². The first kappa shape index (κ1) is 8.69. The summed E-state index contributed by atoms with van der Waals surface area (Å²) in [5.74, 6) is 0.293. The fraction of sp³-hybridized carbons (Fsp3) is 0.889. The Balaban J connectivity index is 2.38. The molecule has 0 saturated heterocycles.